The van der Waals surface area contributed by atoms with E-state index >= 15 is 0 Å². The normalized spacial score (nSPS) is 11.2. The number of H-pyrrole nitrogens is 1. The molecule has 3 N–H and O–H groups in total. The number of hydrogen-bond acceptors (Lipinski definition) is 6. The fraction of sp³-hybridized carbons (Fsp3) is 0.250. The van der Waals surface area contributed by atoms with E-state index < -0.39 is 5.97 Å². The van der Waals surface area contributed by atoms with E-state index in [1.165, 1.54) is 11.8 Å². The van der Waals surface area contributed by atoms with Crippen LogP contribution in [0.1, 0.15) is 5.56 Å². The first-order chi connectivity index (χ1) is 10.4. The number of hydrogen-bond donors (Lipinski definition) is 3. The van der Waals surface area contributed by atoms with Crippen LogP contribution in [0.4, 0.5) is 5.69 Å². The van der Waals surface area contributed by atoms with Crippen LogP contribution in [-0.4, -0.2) is 55.7 Å². The van der Waals surface area contributed by atoms with E-state index in [0.717, 1.165) is 22.3 Å². The molecule has 0 fully saturated rings. The van der Waals surface area contributed by atoms with Crippen molar-refractivity contribution in [1.82, 2.24) is 10.2 Å². The van der Waals surface area contributed by atoms with E-state index in [1.807, 2.05) is 18.2 Å². The molecule has 2 rings (SSSR count). The second-order valence-electron chi connectivity index (χ2n) is 4.33. The van der Waals surface area contributed by atoms with Crippen molar-refractivity contribution in [1.29, 1.82) is 0 Å². The molecule has 0 aliphatic rings. The quantitative estimate of drug-likeness (QED) is 0.326. The van der Waals surface area contributed by atoms with Gasteiger partial charge in [0.25, 0.3) is 0 Å². The first kappa shape index (κ1) is 17.6. The number of carbonyl (C=O) groups is 1. The van der Waals surface area contributed by atoms with Gasteiger partial charge in [-0.05, 0) is 0 Å². The molecule has 2 aromatic rings. The standard InChI is InChI=1S/C12H12N3O3PS2Te/c1-19(22)6-7-2-3-8(4-9(7)13-5-10(16)17)21-12-15-14-11(20)18-12/h2-4,13H,5-6H2,1H3,(H-,14,16,17,20)/p+1. The molecule has 6 nitrogen and oxygen atoms in total. The van der Waals surface area contributed by atoms with Crippen LogP contribution in [0.15, 0.2) is 32.7 Å². The maximum atomic E-state index is 10.8. The van der Waals surface area contributed by atoms with Crippen LogP contribution in [0.5, 0.6) is 0 Å². The topological polar surface area (TPSA) is 91.2 Å². The predicted octanol–water partition coefficient (Wildman–Crippen LogP) is 3.08. The van der Waals surface area contributed by atoms with Crippen LogP contribution in [0.3, 0.4) is 0 Å². The van der Waals surface area contributed by atoms with Crippen LogP contribution < -0.4 is 5.32 Å². The van der Waals surface area contributed by atoms with Crippen molar-refractivity contribution in [2.24, 2.45) is 0 Å². The molecule has 0 amide bonds. The molecular weight excluding hydrogens is 457 g/mol. The number of nitrogens with one attached hydrogen (secondary N) is 2. The molecule has 1 aromatic heterocycles. The van der Waals surface area contributed by atoms with E-state index in [9.17, 15) is 4.79 Å². The average Bonchev–Trinajstić information content (AvgIpc) is 2.83. The number of carboxylic acids is 1. The summed E-state index contributed by atoms with van der Waals surface area (Å²) in [7, 11) is 0. The van der Waals surface area contributed by atoms with Gasteiger partial charge in [-0.25, -0.2) is 0 Å². The number of anilines is 1. The third-order valence-electron chi connectivity index (χ3n) is 2.53. The Kier molecular flexibility index (Phi) is 6.60. The van der Waals surface area contributed by atoms with E-state index in [2.05, 4.69) is 43.4 Å². The Labute approximate surface area is 149 Å². The van der Waals surface area contributed by atoms with Crippen LogP contribution in [-0.2, 0) is 11.0 Å². The fourth-order valence-electron chi connectivity index (χ4n) is 1.69. The summed E-state index contributed by atoms with van der Waals surface area (Å²) in [4.78, 5) is 11.9. The molecule has 1 atom stereocenters. The summed E-state index contributed by atoms with van der Waals surface area (Å²) in [5.74, 6) is -0.891. The third kappa shape index (κ3) is 5.49. The molecule has 0 radical (unpaired) electrons. The van der Waals surface area contributed by atoms with Gasteiger partial charge < -0.3 is 0 Å². The van der Waals surface area contributed by atoms with Crippen LogP contribution in [0, 0.1) is 4.84 Å². The van der Waals surface area contributed by atoms with Crippen LogP contribution in [0.2, 0.25) is 0 Å². The molecule has 0 aliphatic heterocycles. The first-order valence-corrected chi connectivity index (χ1v) is 12.4. The van der Waals surface area contributed by atoms with E-state index in [1.54, 1.807) is 0 Å². The van der Waals surface area contributed by atoms with Crippen molar-refractivity contribution >= 4 is 62.0 Å². The fourth-order valence-corrected chi connectivity index (χ4v) is 4.55. The Morgan fingerprint density at radius 3 is 3.00 bits per heavy atom. The van der Waals surface area contributed by atoms with Crippen molar-refractivity contribution in [3.8, 4) is 0 Å². The zero-order chi connectivity index (χ0) is 16.1. The third-order valence-corrected chi connectivity index (χ3v) is 5.43. The molecule has 0 bridgehead atoms. The Hall–Kier alpha value is -0.710. The number of aromatic nitrogens is 2. The molecule has 1 heterocycles. The molecule has 10 heteroatoms. The molecule has 1 unspecified atom stereocenters. The van der Waals surface area contributed by atoms with Crippen molar-refractivity contribution in [2.75, 3.05) is 18.5 Å². The summed E-state index contributed by atoms with van der Waals surface area (Å²) in [5, 5.41) is 18.6. The summed E-state index contributed by atoms with van der Waals surface area (Å²) in [5.41, 5.74) is 1.95. The molecule has 0 saturated heterocycles. The maximum absolute atomic E-state index is 10.8. The van der Waals surface area contributed by atoms with E-state index in [4.69, 9.17) is 21.7 Å². The minimum absolute atomic E-state index is 0.107. The monoisotopic (exact) mass is 472 g/mol. The SMILES string of the molecule is C[P+](=[Te])Cc1ccc(Sc2n[nH]c(=S)o2)cc1NCC(=O)O. The Morgan fingerprint density at radius 1 is 1.64 bits per heavy atom. The van der Waals surface area contributed by atoms with Gasteiger partial charge >= 0.3 is 150 Å². The second-order valence-corrected chi connectivity index (χ2v) is 12.6. The van der Waals surface area contributed by atoms with Gasteiger partial charge in [0, 0.05) is 0 Å². The molecule has 22 heavy (non-hydrogen) atoms. The van der Waals surface area contributed by atoms with Crippen molar-refractivity contribution < 1.29 is 14.3 Å². The first-order valence-electron chi connectivity index (χ1n) is 6.14. The van der Waals surface area contributed by atoms with Gasteiger partial charge in [0.1, 0.15) is 0 Å². The zero-order valence-electron chi connectivity index (χ0n) is 11.5. The second kappa shape index (κ2) is 8.23. The van der Waals surface area contributed by atoms with Gasteiger partial charge in [-0.3, -0.25) is 0 Å². The number of benzene rings is 1. The van der Waals surface area contributed by atoms with Gasteiger partial charge in [0.15, 0.2) is 0 Å². The molecule has 0 spiro atoms. The number of rotatable bonds is 7. The number of aromatic amines is 1. The Balaban J connectivity index is 2.24. The summed E-state index contributed by atoms with van der Waals surface area (Å²) in [6.07, 6.45) is 0.940. The number of nitrogens with zero attached hydrogens (tertiary/aromatic N) is 1. The van der Waals surface area contributed by atoms with Crippen LogP contribution >= 0.6 is 29.1 Å². The number of carboxylic acid groups (broad SMARTS) is 1. The van der Waals surface area contributed by atoms with Gasteiger partial charge in [0.2, 0.25) is 0 Å². The van der Waals surface area contributed by atoms with E-state index in [-0.39, 0.29) is 16.5 Å². The van der Waals surface area contributed by atoms with Crippen molar-refractivity contribution in [3.63, 3.8) is 0 Å². The van der Waals surface area contributed by atoms with Crippen molar-refractivity contribution in [2.45, 2.75) is 16.3 Å². The Morgan fingerprint density at radius 2 is 2.41 bits per heavy atom. The zero-order valence-corrected chi connectivity index (χ0v) is 16.4. The van der Waals surface area contributed by atoms with Gasteiger partial charge in [0.05, 0.1) is 0 Å². The van der Waals surface area contributed by atoms with Gasteiger partial charge in [-0.15, -0.1) is 0 Å². The molecule has 116 valence electrons. The predicted molar refractivity (Wildman–Crippen MR) is 90.7 cm³/mol. The summed E-state index contributed by atoms with van der Waals surface area (Å²) in [6, 6.07) is 5.90. The molecular formula is C12H13N3O3PS2Te+. The molecule has 0 saturated carbocycles. The number of aliphatic carboxylic acids is 1. The van der Waals surface area contributed by atoms with Gasteiger partial charge in [-0.2, -0.15) is 0 Å². The molecule has 0 aliphatic carbocycles. The van der Waals surface area contributed by atoms with Crippen molar-refractivity contribution in [3.05, 3.63) is 28.6 Å². The van der Waals surface area contributed by atoms with Gasteiger partial charge in [-0.1, -0.05) is 0 Å². The Bertz CT molecular complexity index is 762. The van der Waals surface area contributed by atoms with Crippen LogP contribution in [0.25, 0.3) is 0 Å². The summed E-state index contributed by atoms with van der Waals surface area (Å²) in [6.45, 7) is 2.08. The minimum atomic E-state index is -0.891. The summed E-state index contributed by atoms with van der Waals surface area (Å²) < 4.78 is 5.22. The summed E-state index contributed by atoms with van der Waals surface area (Å²) >= 11 is 8.28. The average molecular weight is 470 g/mol. The molecule has 1 aromatic carbocycles. The van der Waals surface area contributed by atoms with E-state index in [0.29, 0.717) is 5.22 Å².